The molecule has 0 heterocycles. The molecule has 19 heavy (non-hydrogen) atoms. The minimum absolute atomic E-state index is 0.283. The van der Waals surface area contributed by atoms with Gasteiger partial charge in [-0.25, -0.2) is 0 Å². The van der Waals surface area contributed by atoms with Crippen LogP contribution in [0.25, 0.3) is 0 Å². The fourth-order valence-corrected chi connectivity index (χ4v) is 1.86. The largest absolute Gasteiger partial charge is 0.489 e. The van der Waals surface area contributed by atoms with Crippen molar-refractivity contribution in [2.75, 3.05) is 0 Å². The first kappa shape index (κ1) is 13.1. The van der Waals surface area contributed by atoms with E-state index in [1.165, 1.54) is 0 Å². The summed E-state index contributed by atoms with van der Waals surface area (Å²) in [5.41, 5.74) is 7.95. The van der Waals surface area contributed by atoms with Crippen molar-refractivity contribution in [1.29, 1.82) is 5.26 Å². The number of nitrogens with two attached hydrogens (primary N) is 1. The topological polar surface area (TPSA) is 59.0 Å². The van der Waals surface area contributed by atoms with Crippen molar-refractivity contribution >= 4 is 0 Å². The molecule has 0 unspecified atom stereocenters. The molecule has 3 heteroatoms. The highest BCUT2D eigenvalue weighted by Gasteiger charge is 2.11. The van der Waals surface area contributed by atoms with Crippen LogP contribution in [0.4, 0.5) is 0 Å². The molecule has 0 saturated heterocycles. The third-order valence-corrected chi connectivity index (χ3v) is 2.87. The van der Waals surface area contributed by atoms with Crippen LogP contribution < -0.4 is 10.5 Å². The van der Waals surface area contributed by atoms with Crippen molar-refractivity contribution in [2.45, 2.75) is 19.1 Å². The van der Waals surface area contributed by atoms with Crippen molar-refractivity contribution in [3.05, 3.63) is 65.7 Å². The molecule has 0 fully saturated rings. The number of benzene rings is 2. The fraction of sp³-hybridized carbons (Fsp3) is 0.188. The molecule has 0 spiro atoms. The Morgan fingerprint density at radius 2 is 1.74 bits per heavy atom. The first-order valence-corrected chi connectivity index (χ1v) is 6.19. The van der Waals surface area contributed by atoms with Crippen molar-refractivity contribution in [3.63, 3.8) is 0 Å². The van der Waals surface area contributed by atoms with Gasteiger partial charge in [-0.3, -0.25) is 0 Å². The summed E-state index contributed by atoms with van der Waals surface area (Å²) < 4.78 is 5.80. The third-order valence-electron chi connectivity index (χ3n) is 2.87. The Hall–Kier alpha value is -2.31. The molecule has 0 aliphatic carbocycles. The van der Waals surface area contributed by atoms with Crippen LogP contribution in [0.15, 0.2) is 54.6 Å². The van der Waals surface area contributed by atoms with Crippen molar-refractivity contribution in [3.8, 4) is 11.8 Å². The zero-order valence-corrected chi connectivity index (χ0v) is 10.6. The normalized spacial score (nSPS) is 11.6. The Bertz CT molecular complexity index is 560. The van der Waals surface area contributed by atoms with Gasteiger partial charge in [-0.1, -0.05) is 48.5 Å². The minimum Gasteiger partial charge on any atom is -0.489 e. The number of hydrogen-bond acceptors (Lipinski definition) is 3. The number of hydrogen-bond donors (Lipinski definition) is 1. The van der Waals surface area contributed by atoms with E-state index in [-0.39, 0.29) is 12.5 Å². The quantitative estimate of drug-likeness (QED) is 0.889. The average Bonchev–Trinajstić information content (AvgIpc) is 2.47. The molecule has 0 bridgehead atoms. The van der Waals surface area contributed by atoms with E-state index in [0.717, 1.165) is 16.9 Å². The molecule has 96 valence electrons. The number of para-hydroxylation sites is 1. The molecular formula is C16H16N2O. The van der Waals surface area contributed by atoms with Crippen molar-refractivity contribution < 1.29 is 4.74 Å². The highest BCUT2D eigenvalue weighted by molar-refractivity contribution is 5.36. The summed E-state index contributed by atoms with van der Waals surface area (Å²) in [6, 6.07) is 19.3. The van der Waals surface area contributed by atoms with Crippen LogP contribution in [0.1, 0.15) is 23.6 Å². The zero-order chi connectivity index (χ0) is 13.5. The van der Waals surface area contributed by atoms with E-state index in [2.05, 4.69) is 6.07 Å². The van der Waals surface area contributed by atoms with Crippen molar-refractivity contribution in [1.82, 2.24) is 0 Å². The van der Waals surface area contributed by atoms with Gasteiger partial charge in [-0.2, -0.15) is 5.26 Å². The SMILES string of the molecule is N#CC[C@@H](N)c1ccccc1OCc1ccccc1. The van der Waals surface area contributed by atoms with E-state index in [0.29, 0.717) is 6.61 Å². The Kier molecular flexibility index (Phi) is 4.54. The van der Waals surface area contributed by atoms with E-state index in [1.54, 1.807) is 0 Å². The Balaban J connectivity index is 2.10. The van der Waals surface area contributed by atoms with Crippen LogP contribution >= 0.6 is 0 Å². The molecule has 2 aromatic rings. The maximum atomic E-state index is 8.73. The smallest absolute Gasteiger partial charge is 0.124 e. The summed E-state index contributed by atoms with van der Waals surface area (Å²) in [6.45, 7) is 0.497. The van der Waals surface area contributed by atoms with Crippen LogP contribution in [0.2, 0.25) is 0 Å². The summed E-state index contributed by atoms with van der Waals surface area (Å²) >= 11 is 0. The summed E-state index contributed by atoms with van der Waals surface area (Å²) in [6.07, 6.45) is 0.283. The average molecular weight is 252 g/mol. The van der Waals surface area contributed by atoms with Crippen LogP contribution in [0, 0.1) is 11.3 Å². The second-order valence-corrected chi connectivity index (χ2v) is 4.28. The molecule has 0 amide bonds. The molecule has 0 aliphatic rings. The molecular weight excluding hydrogens is 236 g/mol. The lowest BCUT2D eigenvalue weighted by molar-refractivity contribution is 0.301. The predicted octanol–water partition coefficient (Wildman–Crippen LogP) is 3.18. The standard InChI is InChI=1S/C16H16N2O/c17-11-10-15(18)14-8-4-5-9-16(14)19-12-13-6-2-1-3-7-13/h1-9,15H,10,12,18H2/t15-/m1/s1. The number of nitrogens with zero attached hydrogens (tertiary/aromatic N) is 1. The molecule has 3 nitrogen and oxygen atoms in total. The van der Waals surface area contributed by atoms with E-state index >= 15 is 0 Å². The maximum Gasteiger partial charge on any atom is 0.124 e. The highest BCUT2D eigenvalue weighted by Crippen LogP contribution is 2.26. The number of nitriles is 1. The van der Waals surface area contributed by atoms with Gasteiger partial charge >= 0.3 is 0 Å². The van der Waals surface area contributed by atoms with Gasteiger partial charge in [0.2, 0.25) is 0 Å². The van der Waals surface area contributed by atoms with Gasteiger partial charge in [-0.05, 0) is 11.6 Å². The molecule has 2 N–H and O–H groups in total. The first-order chi connectivity index (χ1) is 9.31. The number of rotatable bonds is 5. The monoisotopic (exact) mass is 252 g/mol. The van der Waals surface area contributed by atoms with Crippen LogP contribution in [0.3, 0.4) is 0 Å². The third kappa shape index (κ3) is 3.57. The Morgan fingerprint density at radius 1 is 1.05 bits per heavy atom. The Labute approximate surface area is 113 Å². The van der Waals surface area contributed by atoms with Gasteiger partial charge in [-0.15, -0.1) is 0 Å². The molecule has 2 rings (SSSR count). The van der Waals surface area contributed by atoms with Gasteiger partial charge in [0, 0.05) is 11.6 Å². The van der Waals surface area contributed by atoms with Gasteiger partial charge in [0.05, 0.1) is 12.5 Å². The summed E-state index contributed by atoms with van der Waals surface area (Å²) in [7, 11) is 0. The molecule has 0 aliphatic heterocycles. The fourth-order valence-electron chi connectivity index (χ4n) is 1.86. The molecule has 2 aromatic carbocycles. The summed E-state index contributed by atoms with van der Waals surface area (Å²) in [5, 5.41) is 8.73. The zero-order valence-electron chi connectivity index (χ0n) is 10.6. The van der Waals surface area contributed by atoms with Gasteiger partial charge in [0.1, 0.15) is 12.4 Å². The van der Waals surface area contributed by atoms with Crippen LogP contribution in [-0.4, -0.2) is 0 Å². The number of ether oxygens (including phenoxy) is 1. The summed E-state index contributed by atoms with van der Waals surface area (Å²) in [4.78, 5) is 0. The lowest BCUT2D eigenvalue weighted by atomic mass is 10.0. The van der Waals surface area contributed by atoms with E-state index in [9.17, 15) is 0 Å². The van der Waals surface area contributed by atoms with Gasteiger partial charge in [0.25, 0.3) is 0 Å². The maximum absolute atomic E-state index is 8.73. The highest BCUT2D eigenvalue weighted by atomic mass is 16.5. The predicted molar refractivity (Wildman–Crippen MR) is 74.4 cm³/mol. The van der Waals surface area contributed by atoms with Gasteiger partial charge in [0.15, 0.2) is 0 Å². The van der Waals surface area contributed by atoms with E-state index < -0.39 is 0 Å². The molecule has 0 saturated carbocycles. The second kappa shape index (κ2) is 6.58. The second-order valence-electron chi connectivity index (χ2n) is 4.28. The first-order valence-electron chi connectivity index (χ1n) is 6.19. The van der Waals surface area contributed by atoms with Gasteiger partial charge < -0.3 is 10.5 Å². The minimum atomic E-state index is -0.308. The van der Waals surface area contributed by atoms with E-state index in [4.69, 9.17) is 15.7 Å². The lowest BCUT2D eigenvalue weighted by Gasteiger charge is -2.14. The Morgan fingerprint density at radius 3 is 2.47 bits per heavy atom. The summed E-state index contributed by atoms with van der Waals surface area (Å²) in [5.74, 6) is 0.745. The van der Waals surface area contributed by atoms with Crippen molar-refractivity contribution in [2.24, 2.45) is 5.73 Å². The molecule has 0 aromatic heterocycles. The van der Waals surface area contributed by atoms with Crippen LogP contribution in [-0.2, 0) is 6.61 Å². The lowest BCUT2D eigenvalue weighted by Crippen LogP contribution is -2.11. The van der Waals surface area contributed by atoms with Crippen LogP contribution in [0.5, 0.6) is 5.75 Å². The van der Waals surface area contributed by atoms with E-state index in [1.807, 2.05) is 54.6 Å². The molecule has 0 radical (unpaired) electrons. The molecule has 1 atom stereocenters.